The zero-order valence-corrected chi connectivity index (χ0v) is 14.2. The Balaban J connectivity index is 1.69. The van der Waals surface area contributed by atoms with Crippen molar-refractivity contribution in [1.82, 2.24) is 25.0 Å². The van der Waals surface area contributed by atoms with Crippen LogP contribution in [0.5, 0.6) is 0 Å². The average Bonchev–Trinajstić information content (AvgIpc) is 3.20. The van der Waals surface area contributed by atoms with Gasteiger partial charge in [0.2, 0.25) is 0 Å². The van der Waals surface area contributed by atoms with E-state index in [0.717, 1.165) is 16.8 Å². The van der Waals surface area contributed by atoms with Crippen molar-refractivity contribution in [3.05, 3.63) is 59.2 Å². The predicted molar refractivity (Wildman–Crippen MR) is 92.7 cm³/mol. The number of aromatic carboxylic acids is 1. The quantitative estimate of drug-likeness (QED) is 0.603. The molecule has 4 aromatic rings. The molecular formula is C18H15N5O3. The summed E-state index contributed by atoms with van der Waals surface area (Å²) in [7, 11) is 1.80. The third kappa shape index (κ3) is 2.92. The van der Waals surface area contributed by atoms with Crippen LogP contribution in [0.3, 0.4) is 0 Å². The standard InChI is InChI=1S/C18H15N5O3/c1-10-5-14-17(26-10)12(7-15(20-14)18(24)25)6-11-3-4-13(19-8-11)16-9-23(2)22-21-16/h3-5,7-9H,6H2,1-2H3,(H,24,25). The average molecular weight is 349 g/mol. The van der Waals surface area contributed by atoms with E-state index in [1.807, 2.05) is 19.1 Å². The molecule has 4 aromatic heterocycles. The first-order chi connectivity index (χ1) is 12.5. The molecule has 0 aliphatic heterocycles. The molecule has 4 heterocycles. The number of hydrogen-bond donors (Lipinski definition) is 1. The Morgan fingerprint density at radius 2 is 2.12 bits per heavy atom. The molecule has 0 fully saturated rings. The Morgan fingerprint density at radius 3 is 2.77 bits per heavy atom. The van der Waals surface area contributed by atoms with Crippen LogP contribution in [0.4, 0.5) is 0 Å². The summed E-state index contributed by atoms with van der Waals surface area (Å²) in [5, 5.41) is 17.2. The highest BCUT2D eigenvalue weighted by Crippen LogP contribution is 2.25. The van der Waals surface area contributed by atoms with Crippen LogP contribution in [0.25, 0.3) is 22.5 Å². The molecule has 0 aliphatic carbocycles. The van der Waals surface area contributed by atoms with Gasteiger partial charge in [-0.25, -0.2) is 9.78 Å². The number of pyridine rings is 2. The summed E-state index contributed by atoms with van der Waals surface area (Å²) in [6.07, 6.45) is 4.02. The molecule has 0 radical (unpaired) electrons. The summed E-state index contributed by atoms with van der Waals surface area (Å²) in [5.41, 5.74) is 4.25. The van der Waals surface area contributed by atoms with Gasteiger partial charge in [-0.2, -0.15) is 0 Å². The molecule has 0 atom stereocenters. The number of nitrogens with zero attached hydrogens (tertiary/aromatic N) is 5. The van der Waals surface area contributed by atoms with E-state index in [0.29, 0.717) is 29.0 Å². The molecule has 0 saturated heterocycles. The number of carboxylic acids is 1. The van der Waals surface area contributed by atoms with Gasteiger partial charge in [0.1, 0.15) is 22.7 Å². The molecule has 0 amide bonds. The molecule has 0 unspecified atom stereocenters. The van der Waals surface area contributed by atoms with Gasteiger partial charge in [0.05, 0.1) is 11.9 Å². The van der Waals surface area contributed by atoms with Crippen LogP contribution in [0.1, 0.15) is 27.4 Å². The second-order valence-corrected chi connectivity index (χ2v) is 6.05. The highest BCUT2D eigenvalue weighted by atomic mass is 16.4. The lowest BCUT2D eigenvalue weighted by Crippen LogP contribution is -2.02. The fourth-order valence-electron chi connectivity index (χ4n) is 2.81. The summed E-state index contributed by atoms with van der Waals surface area (Å²) in [5.74, 6) is -0.379. The summed E-state index contributed by atoms with van der Waals surface area (Å²) in [6.45, 7) is 1.81. The van der Waals surface area contributed by atoms with Crippen LogP contribution < -0.4 is 0 Å². The van der Waals surface area contributed by atoms with Crippen molar-refractivity contribution in [1.29, 1.82) is 0 Å². The van der Waals surface area contributed by atoms with Gasteiger partial charge in [-0.15, -0.1) is 5.10 Å². The number of aromatic nitrogens is 5. The third-order valence-corrected chi connectivity index (χ3v) is 3.98. The van der Waals surface area contributed by atoms with Gasteiger partial charge in [-0.1, -0.05) is 11.3 Å². The first-order valence-corrected chi connectivity index (χ1v) is 7.94. The fourth-order valence-corrected chi connectivity index (χ4v) is 2.81. The Labute approximate surface area is 148 Å². The van der Waals surface area contributed by atoms with E-state index < -0.39 is 5.97 Å². The van der Waals surface area contributed by atoms with Gasteiger partial charge in [0.25, 0.3) is 0 Å². The minimum Gasteiger partial charge on any atom is -0.477 e. The van der Waals surface area contributed by atoms with E-state index in [1.165, 1.54) is 0 Å². The molecular weight excluding hydrogens is 334 g/mol. The first kappa shape index (κ1) is 15.9. The fraction of sp³-hybridized carbons (Fsp3) is 0.167. The lowest BCUT2D eigenvalue weighted by atomic mass is 10.0. The second-order valence-electron chi connectivity index (χ2n) is 6.05. The molecule has 0 spiro atoms. The summed E-state index contributed by atoms with van der Waals surface area (Å²) in [4.78, 5) is 19.9. The number of aryl methyl sites for hydroxylation is 2. The van der Waals surface area contributed by atoms with Gasteiger partial charge in [0, 0.05) is 31.3 Å². The zero-order chi connectivity index (χ0) is 18.3. The van der Waals surface area contributed by atoms with E-state index in [9.17, 15) is 9.90 Å². The third-order valence-electron chi connectivity index (χ3n) is 3.98. The van der Waals surface area contributed by atoms with Crippen molar-refractivity contribution in [3.63, 3.8) is 0 Å². The van der Waals surface area contributed by atoms with Crippen LogP contribution in [-0.4, -0.2) is 36.0 Å². The highest BCUT2D eigenvalue weighted by Gasteiger charge is 2.15. The van der Waals surface area contributed by atoms with Crippen molar-refractivity contribution in [2.75, 3.05) is 0 Å². The van der Waals surface area contributed by atoms with Crippen molar-refractivity contribution < 1.29 is 14.3 Å². The number of carbonyl (C=O) groups is 1. The van der Waals surface area contributed by atoms with Gasteiger partial charge < -0.3 is 9.52 Å². The minimum atomic E-state index is -1.07. The van der Waals surface area contributed by atoms with Crippen molar-refractivity contribution in [2.24, 2.45) is 7.05 Å². The number of carboxylic acid groups (broad SMARTS) is 1. The molecule has 0 bridgehead atoms. The number of rotatable bonds is 4. The van der Waals surface area contributed by atoms with E-state index >= 15 is 0 Å². The minimum absolute atomic E-state index is 0.00237. The molecule has 8 heteroatoms. The molecule has 0 aliphatic rings. The van der Waals surface area contributed by atoms with Crippen LogP contribution in [0, 0.1) is 6.92 Å². The maximum Gasteiger partial charge on any atom is 0.354 e. The Kier molecular flexibility index (Phi) is 3.72. The topological polar surface area (TPSA) is 107 Å². The highest BCUT2D eigenvalue weighted by molar-refractivity contribution is 5.90. The SMILES string of the molecule is Cc1cc2nc(C(=O)O)cc(Cc3ccc(-c4cn(C)nn4)nc3)c2o1. The van der Waals surface area contributed by atoms with Gasteiger partial charge >= 0.3 is 5.97 Å². The van der Waals surface area contributed by atoms with Crippen LogP contribution >= 0.6 is 0 Å². The smallest absolute Gasteiger partial charge is 0.354 e. The summed E-state index contributed by atoms with van der Waals surface area (Å²) in [6, 6.07) is 7.08. The Morgan fingerprint density at radius 1 is 1.27 bits per heavy atom. The molecule has 0 aromatic carbocycles. The number of fused-ring (bicyclic) bond motifs is 1. The van der Waals surface area contributed by atoms with Gasteiger partial charge in [-0.3, -0.25) is 9.67 Å². The van der Waals surface area contributed by atoms with Crippen molar-refractivity contribution in [2.45, 2.75) is 13.3 Å². The first-order valence-electron chi connectivity index (χ1n) is 7.94. The van der Waals surface area contributed by atoms with Gasteiger partial charge in [0.15, 0.2) is 5.58 Å². The number of hydrogen-bond acceptors (Lipinski definition) is 6. The largest absolute Gasteiger partial charge is 0.477 e. The lowest BCUT2D eigenvalue weighted by Gasteiger charge is -2.05. The second kappa shape index (κ2) is 6.07. The van der Waals surface area contributed by atoms with Crippen molar-refractivity contribution in [3.8, 4) is 11.4 Å². The Hall–Kier alpha value is -3.55. The van der Waals surface area contributed by atoms with E-state index in [4.69, 9.17) is 4.42 Å². The summed E-state index contributed by atoms with van der Waals surface area (Å²) < 4.78 is 7.32. The molecule has 130 valence electrons. The zero-order valence-electron chi connectivity index (χ0n) is 14.2. The van der Waals surface area contributed by atoms with E-state index in [-0.39, 0.29) is 5.69 Å². The van der Waals surface area contributed by atoms with Crippen molar-refractivity contribution >= 4 is 17.1 Å². The van der Waals surface area contributed by atoms with Crippen LogP contribution in [0.15, 0.2) is 41.1 Å². The van der Waals surface area contributed by atoms with E-state index in [2.05, 4.69) is 20.3 Å². The molecule has 1 N–H and O–H groups in total. The predicted octanol–water partition coefficient (Wildman–Crippen LogP) is 2.62. The number of furan rings is 1. The normalized spacial score (nSPS) is 11.2. The van der Waals surface area contributed by atoms with E-state index in [1.54, 1.807) is 36.3 Å². The Bertz CT molecular complexity index is 1110. The molecule has 4 rings (SSSR count). The monoisotopic (exact) mass is 349 g/mol. The lowest BCUT2D eigenvalue weighted by molar-refractivity contribution is 0.0691. The summed E-state index contributed by atoms with van der Waals surface area (Å²) >= 11 is 0. The van der Waals surface area contributed by atoms with Crippen LogP contribution in [-0.2, 0) is 13.5 Å². The molecule has 0 saturated carbocycles. The van der Waals surface area contributed by atoms with Crippen LogP contribution in [0.2, 0.25) is 0 Å². The maximum absolute atomic E-state index is 11.3. The molecule has 8 nitrogen and oxygen atoms in total. The maximum atomic E-state index is 11.3. The van der Waals surface area contributed by atoms with Gasteiger partial charge in [-0.05, 0) is 24.6 Å². The molecule has 26 heavy (non-hydrogen) atoms.